The van der Waals surface area contributed by atoms with Crippen LogP contribution in [0.25, 0.3) is 0 Å². The van der Waals surface area contributed by atoms with Gasteiger partial charge in [-0.2, -0.15) is 0 Å². The number of hydrogen-bond acceptors (Lipinski definition) is 3. The number of alkyl halides is 1. The predicted octanol–water partition coefficient (Wildman–Crippen LogP) is 2.39. The van der Waals surface area contributed by atoms with Gasteiger partial charge in [-0.05, 0) is 13.0 Å². The maximum Gasteiger partial charge on any atom is 0.293 e. The van der Waals surface area contributed by atoms with Crippen LogP contribution in [0.2, 0.25) is 0 Å². The first-order valence-electron chi connectivity index (χ1n) is 5.29. The molecule has 1 saturated heterocycles. The molecule has 1 aromatic rings. The summed E-state index contributed by atoms with van der Waals surface area (Å²) in [5.74, 6) is -0.909. The van der Waals surface area contributed by atoms with Crippen LogP contribution in [0.1, 0.15) is 12.0 Å². The Hall–Kier alpha value is -1.69. The molecule has 0 N–H and O–H groups in total. The number of hydrogen-bond donors (Lipinski definition) is 0. The molecule has 0 spiro atoms. The number of anilines is 1. The summed E-state index contributed by atoms with van der Waals surface area (Å²) in [4.78, 5) is 23.2. The summed E-state index contributed by atoms with van der Waals surface area (Å²) in [7, 11) is 0. The van der Waals surface area contributed by atoms with Crippen molar-refractivity contribution < 1.29 is 14.1 Å². The second-order valence-corrected chi connectivity index (χ2v) is 4.72. The second kappa shape index (κ2) is 4.53. The van der Waals surface area contributed by atoms with Crippen LogP contribution in [-0.2, 0) is 4.79 Å². The lowest BCUT2D eigenvalue weighted by molar-refractivity contribution is -0.384. The van der Waals surface area contributed by atoms with E-state index in [-0.39, 0.29) is 35.8 Å². The van der Waals surface area contributed by atoms with Crippen LogP contribution in [0.5, 0.6) is 0 Å². The Bertz CT molecular complexity index is 535. The molecule has 0 bridgehead atoms. The van der Waals surface area contributed by atoms with Gasteiger partial charge in [0.15, 0.2) is 0 Å². The van der Waals surface area contributed by atoms with Gasteiger partial charge in [-0.15, -0.1) is 11.6 Å². The smallest absolute Gasteiger partial charge is 0.293 e. The zero-order valence-corrected chi connectivity index (χ0v) is 10.3. The quantitative estimate of drug-likeness (QED) is 0.472. The first-order chi connectivity index (χ1) is 8.41. The van der Waals surface area contributed by atoms with Crippen molar-refractivity contribution in [1.29, 1.82) is 0 Å². The molecular formula is C11H10ClFN2O3. The van der Waals surface area contributed by atoms with Crippen LogP contribution in [0, 0.1) is 22.9 Å². The Morgan fingerprint density at radius 1 is 1.56 bits per heavy atom. The Kier molecular flexibility index (Phi) is 3.21. The van der Waals surface area contributed by atoms with E-state index in [1.54, 1.807) is 0 Å². The van der Waals surface area contributed by atoms with Crippen molar-refractivity contribution in [2.45, 2.75) is 18.7 Å². The molecule has 1 fully saturated rings. The number of carbonyl (C=O) groups is 1. The number of benzene rings is 1. The van der Waals surface area contributed by atoms with Crippen molar-refractivity contribution in [2.24, 2.45) is 0 Å². The molecule has 0 radical (unpaired) electrons. The van der Waals surface area contributed by atoms with Gasteiger partial charge in [0.1, 0.15) is 11.5 Å². The zero-order valence-electron chi connectivity index (χ0n) is 9.52. The summed E-state index contributed by atoms with van der Waals surface area (Å²) < 4.78 is 13.5. The van der Waals surface area contributed by atoms with Crippen LogP contribution in [0.3, 0.4) is 0 Å². The molecule has 1 amide bonds. The van der Waals surface area contributed by atoms with Crippen LogP contribution in [-0.4, -0.2) is 22.8 Å². The van der Waals surface area contributed by atoms with Gasteiger partial charge in [0.25, 0.3) is 5.69 Å². The van der Waals surface area contributed by atoms with Crippen LogP contribution >= 0.6 is 11.6 Å². The van der Waals surface area contributed by atoms with Crippen molar-refractivity contribution in [3.8, 4) is 0 Å². The van der Waals surface area contributed by atoms with Crippen LogP contribution < -0.4 is 4.90 Å². The Morgan fingerprint density at radius 2 is 2.22 bits per heavy atom. The van der Waals surface area contributed by atoms with E-state index in [0.717, 1.165) is 12.1 Å². The molecule has 7 heteroatoms. The predicted molar refractivity (Wildman–Crippen MR) is 64.4 cm³/mol. The van der Waals surface area contributed by atoms with Gasteiger partial charge in [0, 0.05) is 24.6 Å². The average molecular weight is 273 g/mol. The molecule has 0 aromatic heterocycles. The molecule has 1 aromatic carbocycles. The van der Waals surface area contributed by atoms with Crippen molar-refractivity contribution in [3.05, 3.63) is 33.6 Å². The lowest BCUT2D eigenvalue weighted by Gasteiger charge is -2.18. The van der Waals surface area contributed by atoms with E-state index in [2.05, 4.69) is 0 Å². The number of rotatable bonds is 2. The van der Waals surface area contributed by atoms with Gasteiger partial charge in [-0.25, -0.2) is 4.39 Å². The van der Waals surface area contributed by atoms with Crippen molar-refractivity contribution >= 4 is 28.9 Å². The van der Waals surface area contributed by atoms with Gasteiger partial charge < -0.3 is 4.90 Å². The molecule has 96 valence electrons. The maximum atomic E-state index is 13.5. The largest absolute Gasteiger partial charge is 0.305 e. The van der Waals surface area contributed by atoms with E-state index < -0.39 is 16.1 Å². The number of nitrogens with zero attached hydrogens (tertiary/aromatic N) is 2. The molecule has 0 saturated carbocycles. The molecule has 18 heavy (non-hydrogen) atoms. The molecule has 1 heterocycles. The molecule has 1 aliphatic heterocycles. The fourth-order valence-electron chi connectivity index (χ4n) is 2.03. The number of nitro benzene ring substituents is 1. The van der Waals surface area contributed by atoms with E-state index >= 15 is 0 Å². The van der Waals surface area contributed by atoms with Gasteiger partial charge in [0.2, 0.25) is 5.91 Å². The Balaban J connectivity index is 2.58. The average Bonchev–Trinajstić information content (AvgIpc) is 2.61. The molecule has 5 nitrogen and oxygen atoms in total. The fraction of sp³-hybridized carbons (Fsp3) is 0.364. The number of amides is 1. The summed E-state index contributed by atoms with van der Waals surface area (Å²) in [5.41, 5.74) is -0.190. The topological polar surface area (TPSA) is 63.5 Å². The normalized spacial score (nSPS) is 19.4. The van der Waals surface area contributed by atoms with Crippen molar-refractivity contribution in [3.63, 3.8) is 0 Å². The summed E-state index contributed by atoms with van der Waals surface area (Å²) in [6.07, 6.45) is 0.106. The molecular weight excluding hydrogens is 263 g/mol. The third kappa shape index (κ3) is 2.03. The summed E-state index contributed by atoms with van der Waals surface area (Å²) >= 11 is 5.85. The third-order valence-corrected chi connectivity index (χ3v) is 3.18. The number of carbonyl (C=O) groups excluding carboxylic acids is 1. The standard InChI is InChI=1S/C11H10ClFN2O3/c1-6-8(13)2-3-9(15(17)18)11(6)14-5-7(12)4-10(14)16/h2-3,7H,4-5H2,1H3. The monoisotopic (exact) mass is 272 g/mol. The van der Waals surface area contributed by atoms with Crippen molar-refractivity contribution in [2.75, 3.05) is 11.4 Å². The number of halogens is 2. The Labute approximate surface area is 107 Å². The van der Waals surface area contributed by atoms with Gasteiger partial charge in [-0.1, -0.05) is 0 Å². The molecule has 1 unspecified atom stereocenters. The summed E-state index contributed by atoms with van der Waals surface area (Å²) in [6.45, 7) is 1.57. The van der Waals surface area contributed by atoms with E-state index in [4.69, 9.17) is 11.6 Å². The van der Waals surface area contributed by atoms with E-state index in [9.17, 15) is 19.3 Å². The fourth-order valence-corrected chi connectivity index (χ4v) is 2.30. The van der Waals surface area contributed by atoms with Crippen LogP contribution in [0.4, 0.5) is 15.8 Å². The minimum atomic E-state index is -0.628. The highest BCUT2D eigenvalue weighted by Gasteiger charge is 2.35. The van der Waals surface area contributed by atoms with E-state index in [1.807, 2.05) is 0 Å². The second-order valence-electron chi connectivity index (χ2n) is 4.10. The minimum Gasteiger partial charge on any atom is -0.305 e. The van der Waals surface area contributed by atoms with Gasteiger partial charge in [0.05, 0.1) is 10.3 Å². The number of nitro groups is 1. The highest BCUT2D eigenvalue weighted by Crippen LogP contribution is 2.36. The highest BCUT2D eigenvalue weighted by atomic mass is 35.5. The molecule has 1 atom stereocenters. The lowest BCUT2D eigenvalue weighted by Crippen LogP contribution is -2.26. The summed E-state index contributed by atoms with van der Waals surface area (Å²) in [6, 6.07) is 2.09. The SMILES string of the molecule is Cc1c(F)ccc([N+](=O)[O-])c1N1CC(Cl)CC1=O. The third-order valence-electron chi connectivity index (χ3n) is 2.89. The highest BCUT2D eigenvalue weighted by molar-refractivity contribution is 6.24. The molecule has 1 aliphatic rings. The minimum absolute atomic E-state index is 0.00755. The van der Waals surface area contributed by atoms with Crippen LogP contribution in [0.15, 0.2) is 12.1 Å². The first kappa shape index (κ1) is 12.8. The molecule has 2 rings (SSSR count). The Morgan fingerprint density at radius 3 is 2.72 bits per heavy atom. The van der Waals surface area contributed by atoms with E-state index in [1.165, 1.54) is 11.8 Å². The maximum absolute atomic E-state index is 13.5. The molecule has 0 aliphatic carbocycles. The van der Waals surface area contributed by atoms with Crippen molar-refractivity contribution in [1.82, 2.24) is 0 Å². The van der Waals surface area contributed by atoms with E-state index in [0.29, 0.717) is 0 Å². The van der Waals surface area contributed by atoms with Gasteiger partial charge >= 0.3 is 0 Å². The summed E-state index contributed by atoms with van der Waals surface area (Å²) in [5, 5.41) is 10.5. The first-order valence-corrected chi connectivity index (χ1v) is 5.73. The zero-order chi connectivity index (χ0) is 13.4. The lowest BCUT2D eigenvalue weighted by atomic mass is 10.1. The van der Waals surface area contributed by atoms with Gasteiger partial charge in [-0.3, -0.25) is 14.9 Å².